The van der Waals surface area contributed by atoms with Crippen LogP contribution in [0.15, 0.2) is 12.4 Å². The summed E-state index contributed by atoms with van der Waals surface area (Å²) < 4.78 is 28.6. The van der Waals surface area contributed by atoms with Gasteiger partial charge in [-0.25, -0.2) is 13.8 Å². The summed E-state index contributed by atoms with van der Waals surface area (Å²) in [5.41, 5.74) is 2.17. The predicted octanol–water partition coefficient (Wildman–Crippen LogP) is 2.26. The molecule has 2 aliphatic rings. The van der Waals surface area contributed by atoms with Crippen LogP contribution in [0, 0.1) is 0 Å². The molecule has 0 spiro atoms. The molecule has 0 saturated heterocycles. The van der Waals surface area contributed by atoms with Crippen LogP contribution in [0.2, 0.25) is 0 Å². The zero-order chi connectivity index (χ0) is 19.2. The Balaban J connectivity index is 1.37. The number of alkyl halides is 1. The molecule has 4 heterocycles. The molecular formula is C19H28FN5O2. The minimum Gasteiger partial charge on any atom is -0.476 e. The van der Waals surface area contributed by atoms with Gasteiger partial charge in [-0.1, -0.05) is 27.7 Å². The highest BCUT2D eigenvalue weighted by Crippen LogP contribution is 2.33. The van der Waals surface area contributed by atoms with Gasteiger partial charge in [0, 0.05) is 23.6 Å². The van der Waals surface area contributed by atoms with E-state index in [1.54, 1.807) is 10.9 Å². The molecule has 148 valence electrons. The second-order valence-corrected chi connectivity index (χ2v) is 8.61. The number of hydrogen-bond donors (Lipinski definition) is 1. The average molecular weight is 377 g/mol. The molecule has 8 heteroatoms. The van der Waals surface area contributed by atoms with Crippen LogP contribution in [-0.2, 0) is 18.5 Å². The largest absolute Gasteiger partial charge is 0.476 e. The number of ether oxygens (including phenoxy) is 2. The van der Waals surface area contributed by atoms with Gasteiger partial charge in [0.05, 0.1) is 31.5 Å². The maximum Gasteiger partial charge on any atom is 0.215 e. The zero-order valence-corrected chi connectivity index (χ0v) is 16.4. The summed E-state index contributed by atoms with van der Waals surface area (Å²) in [5.74, 6) is 1.78. The van der Waals surface area contributed by atoms with Gasteiger partial charge in [-0.05, 0) is 5.41 Å². The third kappa shape index (κ3) is 3.54. The van der Waals surface area contributed by atoms with Crippen molar-refractivity contribution >= 4 is 0 Å². The van der Waals surface area contributed by atoms with Crippen LogP contribution >= 0.6 is 0 Å². The molecule has 0 aromatic carbocycles. The fourth-order valence-electron chi connectivity index (χ4n) is 3.61. The molecule has 0 aliphatic carbocycles. The van der Waals surface area contributed by atoms with Crippen molar-refractivity contribution in [3.8, 4) is 11.8 Å². The standard InChI is InChI=1S/C19H28FN5O2/c1-12(15-6-22-24-8-13(20)10-26-17(15)24)5-21-14-9-25-18(27-11-14)16(7-23-25)19(2,3)4/h6-7,12-14,21H,5,8-11H2,1-4H3. The van der Waals surface area contributed by atoms with E-state index in [1.165, 1.54) is 0 Å². The van der Waals surface area contributed by atoms with Crippen molar-refractivity contribution in [3.05, 3.63) is 23.5 Å². The number of fused-ring (bicyclic) bond motifs is 2. The molecule has 0 saturated carbocycles. The second kappa shape index (κ2) is 6.82. The minimum atomic E-state index is -0.987. The first-order valence-electron chi connectivity index (χ1n) is 9.58. The Morgan fingerprint density at radius 1 is 1.15 bits per heavy atom. The van der Waals surface area contributed by atoms with Gasteiger partial charge in [-0.3, -0.25) is 0 Å². The van der Waals surface area contributed by atoms with Crippen molar-refractivity contribution < 1.29 is 13.9 Å². The Morgan fingerprint density at radius 2 is 1.85 bits per heavy atom. The van der Waals surface area contributed by atoms with Crippen LogP contribution < -0.4 is 14.8 Å². The maximum absolute atomic E-state index is 13.4. The Hall–Kier alpha value is -2.09. The van der Waals surface area contributed by atoms with Crippen LogP contribution in [0.3, 0.4) is 0 Å². The molecule has 0 bridgehead atoms. The van der Waals surface area contributed by atoms with Gasteiger partial charge in [0.2, 0.25) is 11.8 Å². The van der Waals surface area contributed by atoms with Crippen molar-refractivity contribution in [1.29, 1.82) is 0 Å². The Kier molecular flexibility index (Phi) is 4.61. The molecule has 0 amide bonds. The average Bonchev–Trinajstić information content (AvgIpc) is 3.22. The lowest BCUT2D eigenvalue weighted by atomic mass is 9.89. The molecule has 2 aromatic rings. The van der Waals surface area contributed by atoms with E-state index in [9.17, 15) is 4.39 Å². The minimum absolute atomic E-state index is 0.0164. The number of nitrogens with one attached hydrogen (secondary N) is 1. The SMILES string of the molecule is CC(CNC1COc2c(C(C)(C)C)cnn2C1)c1cnn2c1OCC(F)C2. The van der Waals surface area contributed by atoms with Gasteiger partial charge in [0.1, 0.15) is 13.2 Å². The van der Waals surface area contributed by atoms with E-state index in [0.29, 0.717) is 12.5 Å². The number of nitrogens with zero attached hydrogens (tertiary/aromatic N) is 4. The van der Waals surface area contributed by atoms with E-state index in [2.05, 4.69) is 43.2 Å². The zero-order valence-electron chi connectivity index (χ0n) is 16.4. The molecule has 27 heavy (non-hydrogen) atoms. The lowest BCUT2D eigenvalue weighted by Crippen LogP contribution is -2.43. The van der Waals surface area contributed by atoms with Crippen LogP contribution in [0.5, 0.6) is 11.8 Å². The molecule has 0 fully saturated rings. The van der Waals surface area contributed by atoms with Gasteiger partial charge < -0.3 is 14.8 Å². The van der Waals surface area contributed by atoms with Crippen molar-refractivity contribution in [2.24, 2.45) is 0 Å². The molecule has 4 rings (SSSR count). The predicted molar refractivity (Wildman–Crippen MR) is 99.2 cm³/mol. The number of halogens is 1. The summed E-state index contributed by atoms with van der Waals surface area (Å²) in [4.78, 5) is 0. The van der Waals surface area contributed by atoms with Crippen molar-refractivity contribution in [1.82, 2.24) is 24.9 Å². The Labute approximate surface area is 158 Å². The number of aromatic nitrogens is 4. The molecule has 2 aromatic heterocycles. The van der Waals surface area contributed by atoms with Crippen molar-refractivity contribution in [2.45, 2.75) is 64.3 Å². The lowest BCUT2D eigenvalue weighted by Gasteiger charge is -2.28. The summed E-state index contributed by atoms with van der Waals surface area (Å²) in [6.07, 6.45) is 2.71. The molecular weight excluding hydrogens is 349 g/mol. The Morgan fingerprint density at radius 3 is 2.63 bits per heavy atom. The monoisotopic (exact) mass is 377 g/mol. The molecule has 3 unspecified atom stereocenters. The maximum atomic E-state index is 13.4. The van der Waals surface area contributed by atoms with E-state index >= 15 is 0 Å². The topological polar surface area (TPSA) is 66.1 Å². The van der Waals surface area contributed by atoms with Crippen molar-refractivity contribution in [3.63, 3.8) is 0 Å². The van der Waals surface area contributed by atoms with Gasteiger partial charge in [-0.2, -0.15) is 10.2 Å². The lowest BCUT2D eigenvalue weighted by molar-refractivity contribution is 0.123. The summed E-state index contributed by atoms with van der Waals surface area (Å²) in [5, 5.41) is 12.3. The molecule has 2 aliphatic heterocycles. The highest BCUT2D eigenvalue weighted by Gasteiger charge is 2.29. The molecule has 1 N–H and O–H groups in total. The van der Waals surface area contributed by atoms with Gasteiger partial charge in [0.15, 0.2) is 6.17 Å². The number of hydrogen-bond acceptors (Lipinski definition) is 5. The highest BCUT2D eigenvalue weighted by atomic mass is 19.1. The van der Waals surface area contributed by atoms with E-state index in [1.807, 2.05) is 10.9 Å². The van der Waals surface area contributed by atoms with E-state index in [0.717, 1.165) is 30.1 Å². The first kappa shape index (κ1) is 18.3. The van der Waals surface area contributed by atoms with Gasteiger partial charge in [-0.15, -0.1) is 0 Å². The van der Waals surface area contributed by atoms with E-state index in [4.69, 9.17) is 9.47 Å². The molecule has 0 radical (unpaired) electrons. The molecule has 7 nitrogen and oxygen atoms in total. The van der Waals surface area contributed by atoms with Crippen LogP contribution in [0.25, 0.3) is 0 Å². The normalized spacial score (nSPS) is 23.1. The Bertz CT molecular complexity index is 810. The number of rotatable bonds is 4. The van der Waals surface area contributed by atoms with Crippen LogP contribution in [0.1, 0.15) is 44.7 Å². The third-order valence-corrected chi connectivity index (χ3v) is 5.25. The first-order chi connectivity index (χ1) is 12.8. The highest BCUT2D eigenvalue weighted by molar-refractivity contribution is 5.32. The molecule has 3 atom stereocenters. The van der Waals surface area contributed by atoms with Crippen LogP contribution in [-0.4, -0.2) is 51.5 Å². The first-order valence-corrected chi connectivity index (χ1v) is 9.58. The van der Waals surface area contributed by atoms with Crippen LogP contribution in [0.4, 0.5) is 4.39 Å². The van der Waals surface area contributed by atoms with E-state index in [-0.39, 0.29) is 30.5 Å². The smallest absolute Gasteiger partial charge is 0.215 e. The fraction of sp³-hybridized carbons (Fsp3) is 0.684. The van der Waals surface area contributed by atoms with Gasteiger partial charge in [0.25, 0.3) is 0 Å². The summed E-state index contributed by atoms with van der Waals surface area (Å²) in [6.45, 7) is 11.2. The van der Waals surface area contributed by atoms with E-state index < -0.39 is 6.17 Å². The quantitative estimate of drug-likeness (QED) is 0.885. The third-order valence-electron chi connectivity index (χ3n) is 5.25. The fourth-order valence-corrected chi connectivity index (χ4v) is 3.61. The second-order valence-electron chi connectivity index (χ2n) is 8.61. The van der Waals surface area contributed by atoms with Gasteiger partial charge >= 0.3 is 0 Å². The summed E-state index contributed by atoms with van der Waals surface area (Å²) >= 11 is 0. The summed E-state index contributed by atoms with van der Waals surface area (Å²) in [6, 6.07) is 0.190. The van der Waals surface area contributed by atoms with Crippen molar-refractivity contribution in [2.75, 3.05) is 19.8 Å². The summed E-state index contributed by atoms with van der Waals surface area (Å²) in [7, 11) is 0.